The first-order valence-electron chi connectivity index (χ1n) is 7.77. The van der Waals surface area contributed by atoms with Crippen LogP contribution in [-0.4, -0.2) is 46.0 Å². The zero-order valence-corrected chi connectivity index (χ0v) is 14.2. The summed E-state index contributed by atoms with van der Waals surface area (Å²) < 4.78 is 16.2. The molecule has 0 aromatic carbocycles. The highest BCUT2D eigenvalue weighted by Crippen LogP contribution is 2.26. The summed E-state index contributed by atoms with van der Waals surface area (Å²) >= 11 is 0. The molecule has 1 aliphatic rings. The number of morpholine rings is 1. The predicted octanol–water partition coefficient (Wildman–Crippen LogP) is 2.27. The largest absolute Gasteiger partial charge is 0.423 e. The van der Waals surface area contributed by atoms with Crippen molar-refractivity contribution in [2.45, 2.75) is 39.2 Å². The minimum absolute atomic E-state index is 0.182. The number of urea groups is 1. The van der Waals surface area contributed by atoms with Gasteiger partial charge in [-0.2, -0.15) is 0 Å². The Kier molecular flexibility index (Phi) is 4.27. The summed E-state index contributed by atoms with van der Waals surface area (Å²) in [6, 6.07) is 0.992. The Morgan fingerprint density at radius 3 is 2.79 bits per heavy atom. The Morgan fingerprint density at radius 1 is 1.38 bits per heavy atom. The first-order chi connectivity index (χ1) is 11.3. The number of hydrogen-bond donors (Lipinski definition) is 1. The van der Waals surface area contributed by atoms with E-state index in [1.807, 2.05) is 20.8 Å². The van der Waals surface area contributed by atoms with Crippen molar-refractivity contribution in [3.05, 3.63) is 23.6 Å². The van der Waals surface area contributed by atoms with Crippen LogP contribution >= 0.6 is 0 Å². The van der Waals surface area contributed by atoms with Crippen LogP contribution in [0.3, 0.4) is 0 Å². The van der Waals surface area contributed by atoms with Gasteiger partial charge < -0.3 is 18.6 Å². The molecule has 0 unspecified atom stereocenters. The second-order valence-corrected chi connectivity index (χ2v) is 6.70. The van der Waals surface area contributed by atoms with Crippen molar-refractivity contribution >= 4 is 11.8 Å². The van der Waals surface area contributed by atoms with Gasteiger partial charge in [-0.15, -0.1) is 10.2 Å². The van der Waals surface area contributed by atoms with Gasteiger partial charge in [-0.25, -0.2) is 4.79 Å². The number of nitrogens with one attached hydrogen (secondary N) is 1. The standard InChI is InChI=1S/C15H21N5O4/c1-9-17-18-13(23-9)10-8-22-6-5-20(10)14(21)16-12-7-11(24-19-12)15(2,3)4/h7,10H,5-6,8H2,1-4H3,(H,16,19,21)/t10-/m0/s1. The zero-order chi connectivity index (χ0) is 17.3. The van der Waals surface area contributed by atoms with Crippen molar-refractivity contribution in [3.63, 3.8) is 0 Å². The summed E-state index contributed by atoms with van der Waals surface area (Å²) in [4.78, 5) is 14.2. The summed E-state index contributed by atoms with van der Waals surface area (Å²) in [5.41, 5.74) is -0.182. The molecule has 1 saturated heterocycles. The molecule has 1 aliphatic heterocycles. The van der Waals surface area contributed by atoms with Crippen LogP contribution in [0.5, 0.6) is 0 Å². The van der Waals surface area contributed by atoms with E-state index in [0.717, 1.165) is 0 Å². The van der Waals surface area contributed by atoms with Crippen LogP contribution in [0.15, 0.2) is 15.0 Å². The van der Waals surface area contributed by atoms with Crippen molar-refractivity contribution < 1.29 is 18.5 Å². The molecule has 3 heterocycles. The lowest BCUT2D eigenvalue weighted by molar-refractivity contribution is 0.00508. The van der Waals surface area contributed by atoms with E-state index in [0.29, 0.717) is 43.1 Å². The summed E-state index contributed by atoms with van der Waals surface area (Å²) in [7, 11) is 0. The first kappa shape index (κ1) is 16.4. The van der Waals surface area contributed by atoms with Gasteiger partial charge in [0.25, 0.3) is 0 Å². The molecule has 2 aromatic heterocycles. The van der Waals surface area contributed by atoms with E-state index in [-0.39, 0.29) is 11.4 Å². The van der Waals surface area contributed by atoms with Crippen molar-refractivity contribution in [2.75, 3.05) is 25.1 Å². The number of aryl methyl sites for hydroxylation is 1. The molecule has 24 heavy (non-hydrogen) atoms. The Bertz CT molecular complexity index is 718. The Labute approximate surface area is 139 Å². The van der Waals surface area contributed by atoms with Crippen LogP contribution in [0.1, 0.15) is 44.4 Å². The number of rotatable bonds is 2. The highest BCUT2D eigenvalue weighted by atomic mass is 16.5. The van der Waals surface area contributed by atoms with Crippen molar-refractivity contribution in [1.82, 2.24) is 20.3 Å². The van der Waals surface area contributed by atoms with E-state index in [2.05, 4.69) is 20.7 Å². The Balaban J connectivity index is 1.73. The van der Waals surface area contributed by atoms with Crippen LogP contribution in [0.2, 0.25) is 0 Å². The smallest absolute Gasteiger partial charge is 0.323 e. The molecule has 9 heteroatoms. The molecule has 0 saturated carbocycles. The molecule has 2 aromatic rings. The molecule has 1 atom stereocenters. The maximum Gasteiger partial charge on any atom is 0.323 e. The molecule has 0 bridgehead atoms. The second-order valence-electron chi connectivity index (χ2n) is 6.70. The minimum Gasteiger partial charge on any atom is -0.423 e. The lowest BCUT2D eigenvalue weighted by Crippen LogP contribution is -2.45. The molecule has 9 nitrogen and oxygen atoms in total. The quantitative estimate of drug-likeness (QED) is 0.897. The van der Waals surface area contributed by atoms with Gasteiger partial charge in [-0.1, -0.05) is 25.9 Å². The normalized spacial score (nSPS) is 18.7. The maximum atomic E-state index is 12.6. The van der Waals surface area contributed by atoms with E-state index in [4.69, 9.17) is 13.7 Å². The van der Waals surface area contributed by atoms with E-state index in [1.165, 1.54) is 0 Å². The van der Waals surface area contributed by atoms with Gasteiger partial charge in [0, 0.05) is 24.9 Å². The molecule has 3 rings (SSSR count). The monoisotopic (exact) mass is 335 g/mol. The SMILES string of the molecule is Cc1nnc([C@@H]2COCCN2C(=O)Nc2cc(C(C)(C)C)on2)o1. The van der Waals surface area contributed by atoms with Gasteiger partial charge in [0.1, 0.15) is 11.8 Å². The number of aromatic nitrogens is 3. The van der Waals surface area contributed by atoms with E-state index in [9.17, 15) is 4.79 Å². The zero-order valence-electron chi connectivity index (χ0n) is 14.2. The maximum absolute atomic E-state index is 12.6. The first-order valence-corrected chi connectivity index (χ1v) is 7.77. The van der Waals surface area contributed by atoms with Crippen LogP contribution in [0.25, 0.3) is 0 Å². The summed E-state index contributed by atoms with van der Waals surface area (Å²) in [5.74, 6) is 1.88. The number of anilines is 1. The van der Waals surface area contributed by atoms with Crippen LogP contribution in [0.4, 0.5) is 10.6 Å². The average Bonchev–Trinajstić information content (AvgIpc) is 3.16. The summed E-state index contributed by atoms with van der Waals surface area (Å²) in [6.07, 6.45) is 0. The number of carbonyl (C=O) groups is 1. The fraction of sp³-hybridized carbons (Fsp3) is 0.600. The second kappa shape index (κ2) is 6.23. The third kappa shape index (κ3) is 3.40. The number of nitrogens with zero attached hydrogens (tertiary/aromatic N) is 4. The number of hydrogen-bond acceptors (Lipinski definition) is 7. The highest BCUT2D eigenvalue weighted by Gasteiger charge is 2.33. The Morgan fingerprint density at radius 2 is 2.17 bits per heavy atom. The minimum atomic E-state index is -0.422. The van der Waals surface area contributed by atoms with Gasteiger partial charge in [-0.05, 0) is 0 Å². The molecule has 2 amide bonds. The molecule has 1 N–H and O–H groups in total. The third-order valence-corrected chi connectivity index (χ3v) is 3.70. The molecule has 1 fully saturated rings. The van der Waals surface area contributed by atoms with Crippen LogP contribution in [0, 0.1) is 6.92 Å². The fourth-order valence-electron chi connectivity index (χ4n) is 2.37. The molecule has 130 valence electrons. The van der Waals surface area contributed by atoms with Crippen molar-refractivity contribution in [3.8, 4) is 0 Å². The molecular formula is C15H21N5O4. The van der Waals surface area contributed by atoms with E-state index >= 15 is 0 Å². The average molecular weight is 335 g/mol. The topological polar surface area (TPSA) is 107 Å². The number of amides is 2. The predicted molar refractivity (Wildman–Crippen MR) is 83.5 cm³/mol. The fourth-order valence-corrected chi connectivity index (χ4v) is 2.37. The van der Waals surface area contributed by atoms with Gasteiger partial charge in [0.05, 0.1) is 13.2 Å². The highest BCUT2D eigenvalue weighted by molar-refractivity contribution is 5.88. The van der Waals surface area contributed by atoms with Crippen LogP contribution < -0.4 is 5.32 Å². The van der Waals surface area contributed by atoms with Crippen molar-refractivity contribution in [2.24, 2.45) is 0 Å². The Hall–Kier alpha value is -2.42. The van der Waals surface area contributed by atoms with Gasteiger partial charge in [0.15, 0.2) is 5.82 Å². The van der Waals surface area contributed by atoms with Crippen LogP contribution in [-0.2, 0) is 10.2 Å². The van der Waals surface area contributed by atoms with Gasteiger partial charge >= 0.3 is 6.03 Å². The van der Waals surface area contributed by atoms with E-state index in [1.54, 1.807) is 17.9 Å². The molecule has 0 aliphatic carbocycles. The number of ether oxygens (including phenoxy) is 1. The third-order valence-electron chi connectivity index (χ3n) is 3.70. The summed E-state index contributed by atoms with van der Waals surface area (Å²) in [6.45, 7) is 8.90. The van der Waals surface area contributed by atoms with E-state index < -0.39 is 6.04 Å². The number of carbonyl (C=O) groups excluding carboxylic acids is 1. The molecule has 0 radical (unpaired) electrons. The lowest BCUT2D eigenvalue weighted by atomic mass is 9.93. The lowest BCUT2D eigenvalue weighted by Gasteiger charge is -2.32. The molecule has 0 spiro atoms. The molecular weight excluding hydrogens is 314 g/mol. The van der Waals surface area contributed by atoms with Gasteiger partial charge in [-0.3, -0.25) is 5.32 Å². The summed E-state index contributed by atoms with van der Waals surface area (Å²) in [5, 5.41) is 14.5. The van der Waals surface area contributed by atoms with Gasteiger partial charge in [0.2, 0.25) is 11.8 Å². The van der Waals surface area contributed by atoms with Crippen molar-refractivity contribution in [1.29, 1.82) is 0 Å².